The molecule has 2 aromatic rings. The van der Waals surface area contributed by atoms with Crippen molar-refractivity contribution in [1.82, 2.24) is 19.9 Å². The zero-order valence-corrected chi connectivity index (χ0v) is 12.6. The lowest BCUT2D eigenvalue weighted by atomic mass is 10.1. The van der Waals surface area contributed by atoms with E-state index in [9.17, 15) is 9.59 Å². The van der Waals surface area contributed by atoms with Crippen LogP contribution in [0.3, 0.4) is 0 Å². The summed E-state index contributed by atoms with van der Waals surface area (Å²) in [7, 11) is 0. The van der Waals surface area contributed by atoms with Gasteiger partial charge in [-0.2, -0.15) is 0 Å². The summed E-state index contributed by atoms with van der Waals surface area (Å²) in [4.78, 5) is 35.6. The number of rotatable bonds is 4. The number of hydrogen-bond donors (Lipinski definition) is 1. The minimum Gasteiger partial charge on any atom is -0.372 e. The SMILES string of the molecule is O=C(c1c[nH]c(=O)cn1)N1CCCC(OCc2cccnc2)C1. The molecule has 1 fully saturated rings. The Morgan fingerprint density at radius 3 is 3.09 bits per heavy atom. The van der Waals surface area contributed by atoms with Crippen molar-refractivity contribution in [2.45, 2.75) is 25.6 Å². The third-order valence-corrected chi connectivity index (χ3v) is 3.77. The van der Waals surface area contributed by atoms with Crippen LogP contribution < -0.4 is 5.56 Å². The van der Waals surface area contributed by atoms with Gasteiger partial charge in [-0.3, -0.25) is 14.6 Å². The van der Waals surface area contributed by atoms with Gasteiger partial charge in [0.05, 0.1) is 18.9 Å². The van der Waals surface area contributed by atoms with E-state index >= 15 is 0 Å². The highest BCUT2D eigenvalue weighted by Gasteiger charge is 2.25. The Morgan fingerprint density at radius 1 is 1.43 bits per heavy atom. The van der Waals surface area contributed by atoms with E-state index in [1.54, 1.807) is 17.3 Å². The first-order valence-corrected chi connectivity index (χ1v) is 7.57. The Labute approximate surface area is 133 Å². The maximum atomic E-state index is 12.4. The van der Waals surface area contributed by atoms with Crippen LogP contribution in [0, 0.1) is 0 Å². The van der Waals surface area contributed by atoms with Gasteiger partial charge in [-0.15, -0.1) is 0 Å². The molecule has 0 bridgehead atoms. The van der Waals surface area contributed by atoms with Crippen LogP contribution in [0.4, 0.5) is 0 Å². The van der Waals surface area contributed by atoms with Crippen LogP contribution in [0.5, 0.6) is 0 Å². The summed E-state index contributed by atoms with van der Waals surface area (Å²) in [5, 5.41) is 0. The first-order valence-electron chi connectivity index (χ1n) is 7.57. The zero-order valence-electron chi connectivity index (χ0n) is 12.6. The van der Waals surface area contributed by atoms with Crippen molar-refractivity contribution in [3.63, 3.8) is 0 Å². The topological polar surface area (TPSA) is 88.2 Å². The summed E-state index contributed by atoms with van der Waals surface area (Å²) in [5.41, 5.74) is 0.939. The molecule has 3 rings (SSSR count). The van der Waals surface area contributed by atoms with Crippen molar-refractivity contribution < 1.29 is 9.53 Å². The number of ether oxygens (including phenoxy) is 1. The third kappa shape index (κ3) is 4.01. The fourth-order valence-electron chi connectivity index (χ4n) is 2.58. The van der Waals surface area contributed by atoms with Crippen LogP contribution in [-0.2, 0) is 11.3 Å². The molecular weight excluding hydrogens is 296 g/mol. The van der Waals surface area contributed by atoms with E-state index in [0.717, 1.165) is 24.6 Å². The molecule has 3 heterocycles. The van der Waals surface area contributed by atoms with E-state index < -0.39 is 0 Å². The molecule has 1 saturated heterocycles. The maximum Gasteiger partial charge on any atom is 0.274 e. The van der Waals surface area contributed by atoms with E-state index in [0.29, 0.717) is 19.7 Å². The summed E-state index contributed by atoms with van der Waals surface area (Å²) in [5.74, 6) is -0.184. The van der Waals surface area contributed by atoms with E-state index in [1.807, 2.05) is 12.1 Å². The average Bonchev–Trinajstić information content (AvgIpc) is 2.61. The van der Waals surface area contributed by atoms with Gasteiger partial charge in [0.1, 0.15) is 5.69 Å². The molecule has 7 heteroatoms. The number of nitrogens with one attached hydrogen (secondary N) is 1. The number of carbonyl (C=O) groups is 1. The standard InChI is InChI=1S/C16H18N4O3/c21-15-9-18-14(8-19-15)16(22)20-6-2-4-13(10-20)23-11-12-3-1-5-17-7-12/h1,3,5,7-9,13H,2,4,6,10-11H2,(H,19,21). The third-order valence-electron chi connectivity index (χ3n) is 3.77. The number of H-pyrrole nitrogens is 1. The number of pyridine rings is 1. The molecule has 0 radical (unpaired) electrons. The molecule has 1 atom stereocenters. The van der Waals surface area contributed by atoms with Gasteiger partial charge in [0.15, 0.2) is 0 Å². The normalized spacial score (nSPS) is 17.9. The van der Waals surface area contributed by atoms with Crippen molar-refractivity contribution in [1.29, 1.82) is 0 Å². The van der Waals surface area contributed by atoms with Gasteiger partial charge in [-0.25, -0.2) is 4.98 Å². The molecule has 23 heavy (non-hydrogen) atoms. The second-order valence-electron chi connectivity index (χ2n) is 5.48. The van der Waals surface area contributed by atoms with Gasteiger partial charge >= 0.3 is 0 Å². The van der Waals surface area contributed by atoms with E-state index in [-0.39, 0.29) is 23.3 Å². The predicted octanol–water partition coefficient (Wildman–Crippen LogP) is 0.986. The molecule has 0 aliphatic carbocycles. The van der Waals surface area contributed by atoms with Crippen LogP contribution in [-0.4, -0.2) is 45.0 Å². The van der Waals surface area contributed by atoms with Gasteiger partial charge in [0.25, 0.3) is 11.5 Å². The van der Waals surface area contributed by atoms with E-state index in [1.165, 1.54) is 6.20 Å². The number of aromatic amines is 1. The smallest absolute Gasteiger partial charge is 0.274 e. The summed E-state index contributed by atoms with van der Waals surface area (Å²) in [6.45, 7) is 1.68. The fraction of sp³-hybridized carbons (Fsp3) is 0.375. The molecule has 2 aromatic heterocycles. The Balaban J connectivity index is 1.58. The summed E-state index contributed by atoms with van der Waals surface area (Å²) >= 11 is 0. The monoisotopic (exact) mass is 314 g/mol. The lowest BCUT2D eigenvalue weighted by molar-refractivity contribution is -0.00698. The first kappa shape index (κ1) is 15.4. The van der Waals surface area contributed by atoms with Gasteiger partial charge in [-0.05, 0) is 24.5 Å². The molecule has 120 valence electrons. The molecule has 0 aromatic carbocycles. The number of nitrogens with zero attached hydrogens (tertiary/aromatic N) is 3. The average molecular weight is 314 g/mol. The van der Waals surface area contributed by atoms with Gasteiger partial charge in [0.2, 0.25) is 0 Å². The van der Waals surface area contributed by atoms with Crippen LogP contribution >= 0.6 is 0 Å². The summed E-state index contributed by atoms with van der Waals surface area (Å²) < 4.78 is 5.89. The fourth-order valence-corrected chi connectivity index (χ4v) is 2.58. The number of carbonyl (C=O) groups excluding carboxylic acids is 1. The van der Waals surface area contributed by atoms with Crippen molar-refractivity contribution >= 4 is 5.91 Å². The molecule has 7 nitrogen and oxygen atoms in total. The molecule has 1 unspecified atom stereocenters. The molecule has 0 saturated carbocycles. The zero-order chi connectivity index (χ0) is 16.1. The second-order valence-corrected chi connectivity index (χ2v) is 5.48. The Hall–Kier alpha value is -2.54. The van der Waals surface area contributed by atoms with Crippen LogP contribution in [0.1, 0.15) is 28.9 Å². The summed E-state index contributed by atoms with van der Waals surface area (Å²) in [6, 6.07) is 3.83. The Bertz CT molecular complexity index is 696. The van der Waals surface area contributed by atoms with E-state index in [2.05, 4.69) is 15.0 Å². The van der Waals surface area contributed by atoms with Crippen molar-refractivity contribution in [3.8, 4) is 0 Å². The van der Waals surface area contributed by atoms with E-state index in [4.69, 9.17) is 4.74 Å². The number of piperidine rings is 1. The molecule has 1 aliphatic rings. The predicted molar refractivity (Wildman–Crippen MR) is 82.8 cm³/mol. The highest BCUT2D eigenvalue weighted by Crippen LogP contribution is 2.16. The molecular formula is C16H18N4O3. The lowest BCUT2D eigenvalue weighted by Gasteiger charge is -2.32. The second kappa shape index (κ2) is 7.15. The number of likely N-dealkylation sites (tertiary alicyclic amines) is 1. The Kier molecular flexibility index (Phi) is 4.77. The minimum atomic E-state index is -0.321. The summed E-state index contributed by atoms with van der Waals surface area (Å²) in [6.07, 6.45) is 7.77. The maximum absolute atomic E-state index is 12.4. The quantitative estimate of drug-likeness (QED) is 0.909. The Morgan fingerprint density at radius 2 is 2.35 bits per heavy atom. The number of hydrogen-bond acceptors (Lipinski definition) is 5. The first-order chi connectivity index (χ1) is 11.2. The van der Waals surface area contributed by atoms with Crippen LogP contribution in [0.2, 0.25) is 0 Å². The van der Waals surface area contributed by atoms with Crippen molar-refractivity contribution in [2.75, 3.05) is 13.1 Å². The van der Waals surface area contributed by atoms with Crippen molar-refractivity contribution in [3.05, 3.63) is 58.5 Å². The highest BCUT2D eigenvalue weighted by atomic mass is 16.5. The molecule has 1 amide bonds. The largest absolute Gasteiger partial charge is 0.372 e. The van der Waals surface area contributed by atoms with Gasteiger partial charge in [0, 0.05) is 31.7 Å². The number of aromatic nitrogens is 3. The van der Waals surface area contributed by atoms with Gasteiger partial charge in [-0.1, -0.05) is 6.07 Å². The minimum absolute atomic E-state index is 0.00401. The lowest BCUT2D eigenvalue weighted by Crippen LogP contribution is -2.43. The van der Waals surface area contributed by atoms with Gasteiger partial charge < -0.3 is 14.6 Å². The van der Waals surface area contributed by atoms with Crippen LogP contribution in [0.25, 0.3) is 0 Å². The molecule has 0 spiro atoms. The van der Waals surface area contributed by atoms with Crippen molar-refractivity contribution in [2.24, 2.45) is 0 Å². The highest BCUT2D eigenvalue weighted by molar-refractivity contribution is 5.92. The van der Waals surface area contributed by atoms with Crippen LogP contribution in [0.15, 0.2) is 41.7 Å². The molecule has 1 aliphatic heterocycles. The molecule has 1 N–H and O–H groups in total. The number of amides is 1.